The summed E-state index contributed by atoms with van der Waals surface area (Å²) in [4.78, 5) is 16.8. The number of nitrogens with one attached hydrogen (secondary N) is 1. The van der Waals surface area contributed by atoms with Gasteiger partial charge in [0.05, 0.1) is 25.0 Å². The number of carbonyl (C=O) groups is 1. The van der Waals surface area contributed by atoms with E-state index in [0.717, 1.165) is 22.6 Å². The zero-order valence-electron chi connectivity index (χ0n) is 13.2. The van der Waals surface area contributed by atoms with E-state index in [2.05, 4.69) is 10.3 Å². The second kappa shape index (κ2) is 5.56. The zero-order chi connectivity index (χ0) is 16.7. The van der Waals surface area contributed by atoms with Crippen LogP contribution in [-0.2, 0) is 11.3 Å². The van der Waals surface area contributed by atoms with Crippen molar-refractivity contribution >= 4 is 11.6 Å². The SMILES string of the molecule is COc1ccc([C@H]2CC(=O)NCc3nc4ccccn4c32)cc1O. The molecule has 122 valence electrons. The molecule has 24 heavy (non-hydrogen) atoms. The summed E-state index contributed by atoms with van der Waals surface area (Å²) >= 11 is 0. The fourth-order valence-corrected chi connectivity index (χ4v) is 3.30. The highest BCUT2D eigenvalue weighted by atomic mass is 16.5. The second-order valence-electron chi connectivity index (χ2n) is 5.84. The molecule has 6 nitrogen and oxygen atoms in total. The summed E-state index contributed by atoms with van der Waals surface area (Å²) in [5.74, 6) is 0.264. The molecule has 2 N–H and O–H groups in total. The molecule has 3 aromatic rings. The lowest BCUT2D eigenvalue weighted by Gasteiger charge is -2.17. The van der Waals surface area contributed by atoms with Crippen molar-refractivity contribution in [1.82, 2.24) is 14.7 Å². The molecular weight excluding hydrogens is 306 g/mol. The number of carbonyl (C=O) groups excluding carboxylic acids is 1. The highest BCUT2D eigenvalue weighted by molar-refractivity contribution is 5.78. The third-order valence-corrected chi connectivity index (χ3v) is 4.42. The largest absolute Gasteiger partial charge is 0.504 e. The standard InChI is InChI=1S/C18H17N3O3/c1-24-15-6-5-11(8-14(15)22)12-9-17(23)19-10-13-18(12)21-7-3-2-4-16(21)20-13/h2-8,12,22H,9-10H2,1H3,(H,19,23)/t12-/m1/s1. The van der Waals surface area contributed by atoms with Crippen molar-refractivity contribution in [3.05, 3.63) is 59.5 Å². The van der Waals surface area contributed by atoms with Crippen molar-refractivity contribution in [3.8, 4) is 11.5 Å². The summed E-state index contributed by atoms with van der Waals surface area (Å²) in [5.41, 5.74) is 3.54. The predicted molar refractivity (Wildman–Crippen MR) is 88.2 cm³/mol. The maximum atomic E-state index is 12.1. The first-order valence-corrected chi connectivity index (χ1v) is 7.77. The number of aromatic nitrogens is 2. The molecule has 0 spiro atoms. The van der Waals surface area contributed by atoms with Crippen molar-refractivity contribution < 1.29 is 14.6 Å². The molecule has 0 radical (unpaired) electrons. The van der Waals surface area contributed by atoms with Gasteiger partial charge in [-0.2, -0.15) is 0 Å². The number of nitrogens with zero attached hydrogens (tertiary/aromatic N) is 2. The molecule has 1 aliphatic heterocycles. The fraction of sp³-hybridized carbons (Fsp3) is 0.222. The molecule has 0 saturated carbocycles. The van der Waals surface area contributed by atoms with Crippen molar-refractivity contribution in [2.45, 2.75) is 18.9 Å². The number of imidazole rings is 1. The highest BCUT2D eigenvalue weighted by Crippen LogP contribution is 2.37. The molecule has 1 aliphatic rings. The number of hydrogen-bond donors (Lipinski definition) is 2. The number of aromatic hydroxyl groups is 1. The lowest BCUT2D eigenvalue weighted by Crippen LogP contribution is -2.21. The molecule has 1 amide bonds. The summed E-state index contributed by atoms with van der Waals surface area (Å²) in [5, 5.41) is 13.0. The molecule has 2 aromatic heterocycles. The van der Waals surface area contributed by atoms with Gasteiger partial charge >= 0.3 is 0 Å². The van der Waals surface area contributed by atoms with Crippen LogP contribution in [0, 0.1) is 0 Å². The van der Waals surface area contributed by atoms with Crippen molar-refractivity contribution in [3.63, 3.8) is 0 Å². The topological polar surface area (TPSA) is 75.9 Å². The van der Waals surface area contributed by atoms with Crippen LogP contribution in [-0.4, -0.2) is 27.5 Å². The first-order chi connectivity index (χ1) is 11.7. The Bertz CT molecular complexity index is 932. The van der Waals surface area contributed by atoms with Crippen molar-refractivity contribution in [2.75, 3.05) is 7.11 Å². The number of fused-ring (bicyclic) bond motifs is 3. The molecule has 0 unspecified atom stereocenters. The van der Waals surface area contributed by atoms with Gasteiger partial charge < -0.3 is 19.6 Å². The van der Waals surface area contributed by atoms with E-state index in [0.29, 0.717) is 18.7 Å². The molecule has 0 bridgehead atoms. The molecular formula is C18H17N3O3. The van der Waals surface area contributed by atoms with Gasteiger partial charge in [-0.1, -0.05) is 12.1 Å². The Morgan fingerprint density at radius 3 is 3.00 bits per heavy atom. The van der Waals surface area contributed by atoms with Gasteiger partial charge in [-0.3, -0.25) is 4.79 Å². The molecule has 6 heteroatoms. The van der Waals surface area contributed by atoms with Gasteiger partial charge in [-0.05, 0) is 29.8 Å². The predicted octanol–water partition coefficient (Wildman–Crippen LogP) is 2.20. The molecule has 0 fully saturated rings. The molecule has 0 aliphatic carbocycles. The van der Waals surface area contributed by atoms with Crippen LogP contribution in [0.15, 0.2) is 42.6 Å². The molecule has 3 heterocycles. The normalized spacial score (nSPS) is 17.2. The van der Waals surface area contributed by atoms with Crippen LogP contribution in [0.4, 0.5) is 0 Å². The van der Waals surface area contributed by atoms with Crippen LogP contribution >= 0.6 is 0 Å². The van der Waals surface area contributed by atoms with Crippen molar-refractivity contribution in [2.24, 2.45) is 0 Å². The first kappa shape index (κ1) is 14.6. The summed E-state index contributed by atoms with van der Waals surface area (Å²) in [6, 6.07) is 11.1. The highest BCUT2D eigenvalue weighted by Gasteiger charge is 2.29. The second-order valence-corrected chi connectivity index (χ2v) is 5.84. The number of pyridine rings is 1. The Morgan fingerprint density at radius 1 is 1.33 bits per heavy atom. The third-order valence-electron chi connectivity index (χ3n) is 4.42. The molecule has 1 atom stereocenters. The summed E-state index contributed by atoms with van der Waals surface area (Å²) < 4.78 is 7.13. The van der Waals surface area contributed by atoms with Gasteiger partial charge in [0.1, 0.15) is 5.65 Å². The Morgan fingerprint density at radius 2 is 2.21 bits per heavy atom. The van der Waals surface area contributed by atoms with Gasteiger partial charge in [0.15, 0.2) is 11.5 Å². The van der Waals surface area contributed by atoms with E-state index in [-0.39, 0.29) is 17.6 Å². The number of rotatable bonds is 2. The average Bonchev–Trinajstić information content (AvgIpc) is 2.87. The minimum absolute atomic E-state index is 0.0296. The number of methoxy groups -OCH3 is 1. The Hall–Kier alpha value is -3.02. The Kier molecular flexibility index (Phi) is 3.37. The van der Waals surface area contributed by atoms with Gasteiger partial charge in [0.25, 0.3) is 0 Å². The number of phenols is 1. The van der Waals surface area contributed by atoms with Gasteiger partial charge in [0.2, 0.25) is 5.91 Å². The fourth-order valence-electron chi connectivity index (χ4n) is 3.30. The van der Waals surface area contributed by atoms with E-state index >= 15 is 0 Å². The molecule has 0 saturated heterocycles. The number of hydrogen-bond acceptors (Lipinski definition) is 4. The van der Waals surface area contributed by atoms with E-state index in [1.165, 1.54) is 7.11 Å². The summed E-state index contributed by atoms with van der Waals surface area (Å²) in [6.45, 7) is 0.411. The number of benzene rings is 1. The van der Waals surface area contributed by atoms with Crippen LogP contribution in [0.25, 0.3) is 5.65 Å². The monoisotopic (exact) mass is 323 g/mol. The summed E-state index contributed by atoms with van der Waals surface area (Å²) in [7, 11) is 1.51. The lowest BCUT2D eigenvalue weighted by molar-refractivity contribution is -0.121. The minimum atomic E-state index is -0.184. The maximum Gasteiger partial charge on any atom is 0.221 e. The smallest absolute Gasteiger partial charge is 0.221 e. The van der Waals surface area contributed by atoms with E-state index < -0.39 is 0 Å². The number of ether oxygens (including phenoxy) is 1. The quantitative estimate of drug-likeness (QED) is 0.758. The van der Waals surface area contributed by atoms with Gasteiger partial charge in [-0.25, -0.2) is 4.98 Å². The first-order valence-electron chi connectivity index (χ1n) is 7.77. The zero-order valence-corrected chi connectivity index (χ0v) is 13.2. The Balaban J connectivity index is 1.91. The minimum Gasteiger partial charge on any atom is -0.504 e. The molecule has 1 aromatic carbocycles. The van der Waals surface area contributed by atoms with Crippen molar-refractivity contribution in [1.29, 1.82) is 0 Å². The lowest BCUT2D eigenvalue weighted by atomic mass is 9.91. The van der Waals surface area contributed by atoms with Gasteiger partial charge in [-0.15, -0.1) is 0 Å². The molecule has 4 rings (SSSR count). The average molecular weight is 323 g/mol. The van der Waals surface area contributed by atoms with Crippen LogP contribution in [0.1, 0.15) is 29.3 Å². The van der Waals surface area contributed by atoms with Crippen LogP contribution < -0.4 is 10.1 Å². The number of phenolic OH excluding ortho intramolecular Hbond substituents is 1. The van der Waals surface area contributed by atoms with E-state index in [4.69, 9.17) is 4.74 Å². The van der Waals surface area contributed by atoms with Crippen LogP contribution in [0.3, 0.4) is 0 Å². The van der Waals surface area contributed by atoms with E-state index in [1.807, 2.05) is 34.9 Å². The van der Waals surface area contributed by atoms with E-state index in [1.54, 1.807) is 12.1 Å². The number of amides is 1. The van der Waals surface area contributed by atoms with Gasteiger partial charge in [0, 0.05) is 18.5 Å². The third kappa shape index (κ3) is 2.27. The maximum absolute atomic E-state index is 12.1. The Labute approximate surface area is 138 Å². The van der Waals surface area contributed by atoms with Crippen LogP contribution in [0.2, 0.25) is 0 Å². The summed E-state index contributed by atoms with van der Waals surface area (Å²) in [6.07, 6.45) is 2.26. The van der Waals surface area contributed by atoms with Crippen LogP contribution in [0.5, 0.6) is 11.5 Å². The van der Waals surface area contributed by atoms with E-state index in [9.17, 15) is 9.90 Å².